The predicted octanol–water partition coefficient (Wildman–Crippen LogP) is 8.65. The minimum atomic E-state index is -3.96. The fourth-order valence-electron chi connectivity index (χ4n) is 6.37. The van der Waals surface area contributed by atoms with E-state index in [1.165, 1.54) is 26.3 Å². The number of halogens is 2. The third kappa shape index (κ3) is 7.19. The van der Waals surface area contributed by atoms with Crippen molar-refractivity contribution < 1.29 is 31.4 Å². The van der Waals surface area contributed by atoms with Gasteiger partial charge in [0.25, 0.3) is 5.16 Å². The largest absolute Gasteiger partial charge is 0.471 e. The lowest BCUT2D eigenvalue weighted by molar-refractivity contribution is 0.0512. The van der Waals surface area contributed by atoms with Gasteiger partial charge in [-0.1, -0.05) is 60.5 Å². The van der Waals surface area contributed by atoms with E-state index in [0.717, 1.165) is 0 Å². The van der Waals surface area contributed by atoms with Crippen molar-refractivity contribution in [3.05, 3.63) is 47.7 Å². The first kappa shape index (κ1) is 37.2. The van der Waals surface area contributed by atoms with Crippen LogP contribution in [0.1, 0.15) is 74.8 Å². The van der Waals surface area contributed by atoms with Crippen LogP contribution in [0.5, 0.6) is 11.6 Å². The van der Waals surface area contributed by atoms with Gasteiger partial charge in [-0.05, 0) is 61.0 Å². The molecule has 0 spiro atoms. The smallest absolute Gasteiger partial charge is 0.251 e. The van der Waals surface area contributed by atoms with E-state index in [1.807, 2.05) is 0 Å². The lowest BCUT2D eigenvalue weighted by Crippen LogP contribution is -2.43. The maximum absolute atomic E-state index is 16.9. The van der Waals surface area contributed by atoms with Crippen LogP contribution in [0, 0.1) is 23.1 Å². The highest BCUT2D eigenvalue weighted by Gasteiger charge is 2.42. The van der Waals surface area contributed by atoms with Crippen LogP contribution < -0.4 is 9.47 Å². The fraction of sp³-hybridized carbons (Fsp3) is 0.472. The molecule has 0 N–H and O–H groups in total. The molecule has 0 radical (unpaired) electrons. The molecule has 0 atom stereocenters. The van der Waals surface area contributed by atoms with Crippen molar-refractivity contribution in [2.24, 2.45) is 0 Å². The molecule has 258 valence electrons. The average Bonchev–Trinajstić information content (AvgIpc) is 3.00. The highest BCUT2D eigenvalue weighted by atomic mass is 32.2. The number of nitrogens with zero attached hydrogens (tertiary/aromatic N) is 3. The van der Waals surface area contributed by atoms with Crippen LogP contribution in [0.2, 0.25) is 16.6 Å². The zero-order valence-corrected chi connectivity index (χ0v) is 31.4. The van der Waals surface area contributed by atoms with E-state index in [4.69, 9.17) is 14.2 Å². The Balaban J connectivity index is 2.15. The summed E-state index contributed by atoms with van der Waals surface area (Å²) in [6.07, 6.45) is 1.34. The highest BCUT2D eigenvalue weighted by molar-refractivity contribution is 7.91. The summed E-state index contributed by atoms with van der Waals surface area (Å²) < 4.78 is 75.5. The van der Waals surface area contributed by atoms with Crippen molar-refractivity contribution in [2.45, 2.75) is 96.6 Å². The zero-order chi connectivity index (χ0) is 35.8. The van der Waals surface area contributed by atoms with Crippen LogP contribution in [0.3, 0.4) is 0 Å². The number of hydrogen-bond acceptors (Lipinski definition) is 8. The monoisotopic (exact) mass is 697 g/mol. The van der Waals surface area contributed by atoms with Gasteiger partial charge in [0.15, 0.2) is 12.6 Å². The van der Waals surface area contributed by atoms with Gasteiger partial charge >= 0.3 is 0 Å². The van der Waals surface area contributed by atoms with Gasteiger partial charge in [-0.3, -0.25) is 4.98 Å². The molecule has 0 amide bonds. The Hall–Kier alpha value is -3.66. The fourth-order valence-corrected chi connectivity index (χ4v) is 12.3. The number of ether oxygens (including phenoxy) is 3. The van der Waals surface area contributed by atoms with Crippen molar-refractivity contribution in [1.29, 1.82) is 0 Å². The van der Waals surface area contributed by atoms with E-state index in [2.05, 4.69) is 68.0 Å². The minimum Gasteiger partial charge on any atom is -0.471 e. The Kier molecular flexibility index (Phi) is 10.9. The summed E-state index contributed by atoms with van der Waals surface area (Å²) in [7, 11) is -4.77. The van der Waals surface area contributed by atoms with Gasteiger partial charge in [0.05, 0.1) is 16.7 Å². The van der Waals surface area contributed by atoms with E-state index in [1.54, 1.807) is 39.0 Å². The molecular formula is C36H45F2N3O5SSi. The molecule has 0 bridgehead atoms. The van der Waals surface area contributed by atoms with Crippen molar-refractivity contribution in [3.8, 4) is 34.4 Å². The number of rotatable bonds is 10. The molecule has 8 nitrogen and oxygen atoms in total. The second-order valence-corrected chi connectivity index (χ2v) is 21.6. The van der Waals surface area contributed by atoms with Gasteiger partial charge in [-0.15, -0.1) is 5.54 Å². The summed E-state index contributed by atoms with van der Waals surface area (Å²) in [4.78, 5) is 12.8. The minimum absolute atomic E-state index is 0.0866. The molecule has 0 aliphatic heterocycles. The lowest BCUT2D eigenvalue weighted by Gasteiger charge is -2.38. The van der Waals surface area contributed by atoms with Crippen molar-refractivity contribution >= 4 is 39.6 Å². The van der Waals surface area contributed by atoms with E-state index in [0.29, 0.717) is 33.1 Å². The molecule has 2 aromatic carbocycles. The first-order valence-corrected chi connectivity index (χ1v) is 20.0. The molecule has 0 aliphatic rings. The van der Waals surface area contributed by atoms with Crippen LogP contribution in [-0.4, -0.2) is 56.7 Å². The molecule has 48 heavy (non-hydrogen) atoms. The van der Waals surface area contributed by atoms with E-state index >= 15 is 8.78 Å². The molecule has 2 heterocycles. The van der Waals surface area contributed by atoms with Crippen LogP contribution in [0.4, 0.5) is 8.78 Å². The van der Waals surface area contributed by atoms with E-state index in [-0.39, 0.29) is 46.1 Å². The van der Waals surface area contributed by atoms with Gasteiger partial charge in [-0.2, -0.15) is 4.98 Å². The molecule has 0 unspecified atom stereocenters. The average molecular weight is 698 g/mol. The Morgan fingerprint density at radius 2 is 1.62 bits per heavy atom. The maximum atomic E-state index is 16.9. The van der Waals surface area contributed by atoms with Crippen LogP contribution in [0.25, 0.3) is 32.9 Å². The summed E-state index contributed by atoms with van der Waals surface area (Å²) in [5.74, 6) is 1.67. The molecule has 0 aliphatic carbocycles. The standard InChI is InChI=1S/C36H45F2N3O5SSi/c1-12-47(42,43)35-40-33-28(34(41-35)46-36(8,9)10)19-39-32(31(33)38)27-18-25(45-20-44-11)17-24-13-14-29(37)26(30(24)27)15-16-48(21(2)3,22(4)5)23(6)7/h13-14,17-19,21-23H,12,20H2,1-11H3. The molecule has 4 rings (SSSR count). The molecule has 0 fully saturated rings. The molecular weight excluding hydrogens is 653 g/mol. The Bertz CT molecular complexity index is 1990. The quantitative estimate of drug-likeness (QED) is 0.0703. The number of benzene rings is 2. The topological polar surface area (TPSA) is 101 Å². The summed E-state index contributed by atoms with van der Waals surface area (Å²) in [5.41, 5.74) is 3.53. The van der Waals surface area contributed by atoms with E-state index in [9.17, 15) is 8.42 Å². The first-order chi connectivity index (χ1) is 22.4. The lowest BCUT2D eigenvalue weighted by atomic mass is 9.95. The third-order valence-electron chi connectivity index (χ3n) is 8.60. The molecule has 2 aromatic heterocycles. The van der Waals surface area contributed by atoms with Crippen LogP contribution >= 0.6 is 0 Å². The molecule has 0 saturated carbocycles. The molecule has 0 saturated heterocycles. The van der Waals surface area contributed by atoms with Crippen molar-refractivity contribution in [2.75, 3.05) is 19.7 Å². The normalized spacial score (nSPS) is 12.7. The van der Waals surface area contributed by atoms with Crippen LogP contribution in [0.15, 0.2) is 35.6 Å². The second kappa shape index (κ2) is 14.1. The van der Waals surface area contributed by atoms with E-state index < -0.39 is 40.3 Å². The third-order valence-corrected chi connectivity index (χ3v) is 16.4. The number of pyridine rings is 1. The van der Waals surface area contributed by atoms with Gasteiger partial charge in [0.2, 0.25) is 15.7 Å². The van der Waals surface area contributed by atoms with Crippen molar-refractivity contribution in [1.82, 2.24) is 15.0 Å². The summed E-state index contributed by atoms with van der Waals surface area (Å²) >= 11 is 0. The number of methoxy groups -OCH3 is 1. The van der Waals surface area contributed by atoms with Gasteiger partial charge in [-0.25, -0.2) is 22.2 Å². The van der Waals surface area contributed by atoms with Crippen molar-refractivity contribution in [3.63, 3.8) is 0 Å². The van der Waals surface area contributed by atoms with Gasteiger partial charge < -0.3 is 14.2 Å². The SMILES string of the molecule is CCS(=O)(=O)c1nc(OC(C)(C)C)c2cnc(-c3cc(OCOC)cc4ccc(F)c(C#C[Si](C(C)C)(C(C)C)C(C)C)c34)c(F)c2n1. The summed E-state index contributed by atoms with van der Waals surface area (Å²) in [6.45, 7) is 19.7. The molecule has 4 aromatic rings. The molecule has 12 heteroatoms. The van der Waals surface area contributed by atoms with Crippen LogP contribution in [-0.2, 0) is 14.6 Å². The van der Waals surface area contributed by atoms with Gasteiger partial charge in [0, 0.05) is 24.3 Å². The van der Waals surface area contributed by atoms with Gasteiger partial charge in [0.1, 0.15) is 36.5 Å². The summed E-state index contributed by atoms with van der Waals surface area (Å²) in [5, 5.41) is 0.416. The number of hydrogen-bond donors (Lipinski definition) is 0. The maximum Gasteiger partial charge on any atom is 0.251 e. The first-order valence-electron chi connectivity index (χ1n) is 16.1. The number of sulfone groups is 1. The predicted molar refractivity (Wildman–Crippen MR) is 189 cm³/mol. The Labute approximate surface area is 283 Å². The zero-order valence-electron chi connectivity index (χ0n) is 29.6. The Morgan fingerprint density at radius 3 is 2.19 bits per heavy atom. The summed E-state index contributed by atoms with van der Waals surface area (Å²) in [6, 6.07) is 6.19. The number of fused-ring (bicyclic) bond motifs is 2. The number of aromatic nitrogens is 3. The Morgan fingerprint density at radius 1 is 0.979 bits per heavy atom. The second-order valence-electron chi connectivity index (χ2n) is 13.8. The highest BCUT2D eigenvalue weighted by Crippen LogP contribution is 2.42.